The minimum atomic E-state index is -0.127. The van der Waals surface area contributed by atoms with Crippen molar-refractivity contribution in [3.8, 4) is 0 Å². The zero-order chi connectivity index (χ0) is 15.1. The molecule has 0 radical (unpaired) electrons. The molecule has 0 aliphatic rings. The number of hydrogen-bond acceptors (Lipinski definition) is 3. The van der Waals surface area contributed by atoms with Crippen molar-refractivity contribution in [1.29, 1.82) is 0 Å². The first-order valence-electron chi connectivity index (χ1n) is 7.27. The molecule has 0 aliphatic heterocycles. The summed E-state index contributed by atoms with van der Waals surface area (Å²) in [6.45, 7) is 4.88. The Morgan fingerprint density at radius 3 is 2.67 bits per heavy atom. The number of aromatic nitrogens is 1. The van der Waals surface area contributed by atoms with Crippen LogP contribution in [0.25, 0.3) is 0 Å². The number of rotatable bonds is 6. The van der Waals surface area contributed by atoms with Crippen LogP contribution in [0.5, 0.6) is 0 Å². The summed E-state index contributed by atoms with van der Waals surface area (Å²) in [7, 11) is 0. The molecular weight excluding hydrogens is 262 g/mol. The molecule has 1 amide bonds. The van der Waals surface area contributed by atoms with E-state index in [0.29, 0.717) is 5.56 Å². The highest BCUT2D eigenvalue weighted by Gasteiger charge is 2.14. The minimum absolute atomic E-state index is 0.0904. The molecule has 1 aromatic heterocycles. The van der Waals surface area contributed by atoms with Gasteiger partial charge in [0.25, 0.3) is 5.91 Å². The molecule has 2 rings (SSSR count). The molecule has 4 nitrogen and oxygen atoms in total. The number of benzene rings is 1. The summed E-state index contributed by atoms with van der Waals surface area (Å²) in [6.07, 6.45) is 2.75. The van der Waals surface area contributed by atoms with Gasteiger partial charge in [0.15, 0.2) is 0 Å². The zero-order valence-corrected chi connectivity index (χ0v) is 12.5. The Kier molecular flexibility index (Phi) is 5.32. The van der Waals surface area contributed by atoms with Gasteiger partial charge in [-0.2, -0.15) is 0 Å². The second kappa shape index (κ2) is 7.43. The molecule has 0 fully saturated rings. The molecule has 4 heteroatoms. The Labute approximate surface area is 125 Å². The zero-order valence-electron chi connectivity index (χ0n) is 12.5. The lowest BCUT2D eigenvalue weighted by atomic mass is 10.1. The first-order valence-corrected chi connectivity index (χ1v) is 7.27. The van der Waals surface area contributed by atoms with Crippen LogP contribution in [0, 0.1) is 0 Å². The van der Waals surface area contributed by atoms with Crippen LogP contribution in [-0.2, 0) is 0 Å². The molecule has 0 spiro atoms. The van der Waals surface area contributed by atoms with E-state index in [0.717, 1.165) is 24.3 Å². The minimum Gasteiger partial charge on any atom is -0.384 e. The number of carbonyl (C=O) groups is 1. The highest BCUT2D eigenvalue weighted by atomic mass is 16.1. The van der Waals surface area contributed by atoms with Crippen molar-refractivity contribution in [3.05, 3.63) is 59.9 Å². The number of carbonyl (C=O) groups excluding carboxylic acids is 1. The van der Waals surface area contributed by atoms with E-state index in [1.807, 2.05) is 49.4 Å². The lowest BCUT2D eigenvalue weighted by Crippen LogP contribution is -2.28. The Bertz CT molecular complexity index is 584. The van der Waals surface area contributed by atoms with Crippen molar-refractivity contribution in [2.45, 2.75) is 26.3 Å². The van der Waals surface area contributed by atoms with Crippen LogP contribution in [0.15, 0.2) is 48.7 Å². The van der Waals surface area contributed by atoms with E-state index in [9.17, 15) is 4.79 Å². The van der Waals surface area contributed by atoms with Crippen molar-refractivity contribution < 1.29 is 4.79 Å². The van der Waals surface area contributed by atoms with Gasteiger partial charge < -0.3 is 10.6 Å². The molecule has 1 atom stereocenters. The lowest BCUT2D eigenvalue weighted by molar-refractivity contribution is 0.0940. The van der Waals surface area contributed by atoms with E-state index < -0.39 is 0 Å². The summed E-state index contributed by atoms with van der Waals surface area (Å²) < 4.78 is 0. The van der Waals surface area contributed by atoms with E-state index in [-0.39, 0.29) is 11.9 Å². The molecule has 0 unspecified atom stereocenters. The predicted molar refractivity (Wildman–Crippen MR) is 85.3 cm³/mol. The van der Waals surface area contributed by atoms with Crippen LogP contribution in [0.2, 0.25) is 0 Å². The van der Waals surface area contributed by atoms with Gasteiger partial charge in [-0.05, 0) is 37.6 Å². The SMILES string of the molecule is CCCNc1ccccc1C(=O)N[C@H](C)c1ccccn1. The molecule has 1 aromatic carbocycles. The molecule has 0 saturated heterocycles. The number of nitrogens with one attached hydrogen (secondary N) is 2. The van der Waals surface area contributed by atoms with Gasteiger partial charge in [-0.3, -0.25) is 9.78 Å². The largest absolute Gasteiger partial charge is 0.384 e. The average Bonchev–Trinajstić information content (AvgIpc) is 2.54. The highest BCUT2D eigenvalue weighted by molar-refractivity contribution is 5.99. The highest BCUT2D eigenvalue weighted by Crippen LogP contribution is 2.17. The molecule has 0 aliphatic carbocycles. The quantitative estimate of drug-likeness (QED) is 0.854. The van der Waals surface area contributed by atoms with Crippen LogP contribution >= 0.6 is 0 Å². The van der Waals surface area contributed by atoms with E-state index in [2.05, 4.69) is 22.5 Å². The molecular formula is C17H21N3O. The number of hydrogen-bond donors (Lipinski definition) is 2. The van der Waals surface area contributed by atoms with Crippen LogP contribution in [0.4, 0.5) is 5.69 Å². The number of pyridine rings is 1. The first-order chi connectivity index (χ1) is 10.2. The van der Waals surface area contributed by atoms with Gasteiger partial charge >= 0.3 is 0 Å². The van der Waals surface area contributed by atoms with Gasteiger partial charge in [-0.15, -0.1) is 0 Å². The smallest absolute Gasteiger partial charge is 0.253 e. The van der Waals surface area contributed by atoms with Crippen molar-refractivity contribution in [2.24, 2.45) is 0 Å². The molecule has 1 heterocycles. The van der Waals surface area contributed by atoms with Crippen LogP contribution in [0.1, 0.15) is 42.4 Å². The summed E-state index contributed by atoms with van der Waals surface area (Å²) in [5.41, 5.74) is 2.38. The van der Waals surface area contributed by atoms with Crippen molar-refractivity contribution in [1.82, 2.24) is 10.3 Å². The lowest BCUT2D eigenvalue weighted by Gasteiger charge is -2.16. The third kappa shape index (κ3) is 4.05. The Morgan fingerprint density at radius 1 is 1.19 bits per heavy atom. The maximum atomic E-state index is 12.4. The van der Waals surface area contributed by atoms with Gasteiger partial charge in [0.05, 0.1) is 17.3 Å². The third-order valence-corrected chi connectivity index (χ3v) is 3.22. The Hall–Kier alpha value is -2.36. The summed E-state index contributed by atoms with van der Waals surface area (Å²) in [4.78, 5) is 16.7. The number of amides is 1. The summed E-state index contributed by atoms with van der Waals surface area (Å²) in [6, 6.07) is 13.1. The van der Waals surface area contributed by atoms with E-state index in [1.165, 1.54) is 0 Å². The van der Waals surface area contributed by atoms with Gasteiger partial charge in [-0.1, -0.05) is 25.1 Å². The second-order valence-electron chi connectivity index (χ2n) is 4.92. The maximum absolute atomic E-state index is 12.4. The number of nitrogens with zero attached hydrogens (tertiary/aromatic N) is 1. The summed E-state index contributed by atoms with van der Waals surface area (Å²) >= 11 is 0. The van der Waals surface area contributed by atoms with Crippen LogP contribution < -0.4 is 10.6 Å². The van der Waals surface area contributed by atoms with Gasteiger partial charge in [0.1, 0.15) is 0 Å². The fourth-order valence-corrected chi connectivity index (χ4v) is 2.08. The number of para-hydroxylation sites is 1. The molecule has 0 bridgehead atoms. The predicted octanol–water partition coefficient (Wildman–Crippen LogP) is 3.39. The average molecular weight is 283 g/mol. The normalized spacial score (nSPS) is 11.7. The van der Waals surface area contributed by atoms with Crippen molar-refractivity contribution in [3.63, 3.8) is 0 Å². The van der Waals surface area contributed by atoms with E-state index in [4.69, 9.17) is 0 Å². The standard InChI is InChI=1S/C17H21N3O/c1-3-11-18-16-10-5-4-8-14(16)17(21)20-13(2)15-9-6-7-12-19-15/h4-10,12-13,18H,3,11H2,1-2H3,(H,20,21)/t13-/m1/s1. The second-order valence-corrected chi connectivity index (χ2v) is 4.92. The summed E-state index contributed by atoms with van der Waals surface area (Å²) in [5, 5.41) is 6.27. The number of anilines is 1. The molecule has 21 heavy (non-hydrogen) atoms. The molecule has 0 saturated carbocycles. The molecule has 2 N–H and O–H groups in total. The first kappa shape index (κ1) is 15.0. The van der Waals surface area contributed by atoms with Crippen LogP contribution in [0.3, 0.4) is 0 Å². The van der Waals surface area contributed by atoms with Gasteiger partial charge in [-0.25, -0.2) is 0 Å². The topological polar surface area (TPSA) is 54.0 Å². The summed E-state index contributed by atoms with van der Waals surface area (Å²) in [5.74, 6) is -0.0904. The van der Waals surface area contributed by atoms with E-state index in [1.54, 1.807) is 6.20 Å². The van der Waals surface area contributed by atoms with Gasteiger partial charge in [0, 0.05) is 18.4 Å². The monoisotopic (exact) mass is 283 g/mol. The fraction of sp³-hybridized carbons (Fsp3) is 0.294. The van der Waals surface area contributed by atoms with Crippen LogP contribution in [-0.4, -0.2) is 17.4 Å². The van der Waals surface area contributed by atoms with Crippen molar-refractivity contribution >= 4 is 11.6 Å². The van der Waals surface area contributed by atoms with Gasteiger partial charge in [0.2, 0.25) is 0 Å². The molecule has 2 aromatic rings. The Morgan fingerprint density at radius 2 is 1.95 bits per heavy atom. The fourth-order valence-electron chi connectivity index (χ4n) is 2.08. The Balaban J connectivity index is 2.10. The molecule has 110 valence electrons. The maximum Gasteiger partial charge on any atom is 0.253 e. The van der Waals surface area contributed by atoms with E-state index >= 15 is 0 Å². The van der Waals surface area contributed by atoms with Crippen molar-refractivity contribution in [2.75, 3.05) is 11.9 Å². The third-order valence-electron chi connectivity index (χ3n) is 3.22.